The number of hydrogen-bond acceptors (Lipinski definition) is 7. The summed E-state index contributed by atoms with van der Waals surface area (Å²) < 4.78 is 1.80. The molecule has 0 aliphatic carbocycles. The van der Waals surface area contributed by atoms with Gasteiger partial charge >= 0.3 is 0 Å². The Morgan fingerprint density at radius 1 is 0.844 bits per heavy atom. The normalized spacial score (nSPS) is 12.7. The van der Waals surface area contributed by atoms with E-state index in [2.05, 4.69) is 72.9 Å². The van der Waals surface area contributed by atoms with Gasteiger partial charge < -0.3 is 10.0 Å². The molecule has 0 saturated heterocycles. The van der Waals surface area contributed by atoms with Crippen LogP contribution in [0.25, 0.3) is 11.7 Å². The summed E-state index contributed by atoms with van der Waals surface area (Å²) in [6, 6.07) is 11.8. The summed E-state index contributed by atoms with van der Waals surface area (Å²) in [7, 11) is 0. The lowest BCUT2D eigenvalue weighted by Gasteiger charge is -2.23. The number of hydrogen-bond donors (Lipinski definition) is 1. The first-order valence-electron chi connectivity index (χ1n) is 17.2. The molecule has 0 unspecified atom stereocenters. The van der Waals surface area contributed by atoms with E-state index >= 15 is 0 Å². The Balaban J connectivity index is 1.54. The molecule has 0 aliphatic rings. The van der Waals surface area contributed by atoms with Crippen LogP contribution in [-0.4, -0.2) is 44.2 Å². The number of aromatic hydroxyl groups is 1. The maximum atomic E-state index is 10.1. The van der Waals surface area contributed by atoms with Gasteiger partial charge in [0.1, 0.15) is 5.75 Å². The van der Waals surface area contributed by atoms with E-state index in [0.29, 0.717) is 12.4 Å². The minimum Gasteiger partial charge on any atom is -0.508 e. The summed E-state index contributed by atoms with van der Waals surface area (Å²) >= 11 is 1.87. The number of phenols is 1. The molecule has 0 spiro atoms. The lowest BCUT2D eigenvalue weighted by Crippen LogP contribution is -2.24. The molecule has 45 heavy (non-hydrogen) atoms. The van der Waals surface area contributed by atoms with Crippen molar-refractivity contribution in [3.05, 3.63) is 63.6 Å². The van der Waals surface area contributed by atoms with Gasteiger partial charge in [-0.25, -0.2) is 0 Å². The third kappa shape index (κ3) is 10.1. The molecule has 7 nitrogen and oxygen atoms in total. The lowest BCUT2D eigenvalue weighted by atomic mass is 9.91. The topological polar surface area (TPSA) is 78.9 Å². The Bertz CT molecular complexity index is 1520. The Morgan fingerprint density at radius 3 is 2.13 bits per heavy atom. The second-order valence-corrected chi connectivity index (χ2v) is 14.3. The largest absolute Gasteiger partial charge is 0.508 e. The van der Waals surface area contributed by atoms with E-state index in [1.165, 1.54) is 86.9 Å². The molecule has 0 atom stereocenters. The zero-order chi connectivity index (χ0) is 32.1. The first-order chi connectivity index (χ1) is 21.8. The van der Waals surface area contributed by atoms with Gasteiger partial charge in [-0.2, -0.15) is 9.61 Å². The van der Waals surface area contributed by atoms with Gasteiger partial charge in [0, 0.05) is 34.2 Å². The Hall–Kier alpha value is -3.26. The van der Waals surface area contributed by atoms with E-state index < -0.39 is 0 Å². The molecular formula is C37H54N6OS. The van der Waals surface area contributed by atoms with Crippen LogP contribution >= 0.6 is 11.3 Å². The number of aromatic nitrogens is 4. The first-order valence-corrected chi connectivity index (χ1v) is 18.0. The molecular weight excluding hydrogens is 577 g/mol. The molecule has 3 aromatic heterocycles. The highest BCUT2D eigenvalue weighted by Gasteiger charge is 2.23. The van der Waals surface area contributed by atoms with Crippen LogP contribution in [0.2, 0.25) is 0 Å². The maximum absolute atomic E-state index is 10.1. The molecule has 4 aromatic rings. The van der Waals surface area contributed by atoms with Crippen molar-refractivity contribution in [1.29, 1.82) is 0 Å². The highest BCUT2D eigenvalue weighted by Crippen LogP contribution is 2.28. The van der Waals surface area contributed by atoms with Gasteiger partial charge in [-0.3, -0.25) is 4.99 Å². The van der Waals surface area contributed by atoms with Crippen molar-refractivity contribution in [2.45, 2.75) is 124 Å². The summed E-state index contributed by atoms with van der Waals surface area (Å²) in [5, 5.41) is 26.4. The third-order valence-corrected chi connectivity index (χ3v) is 9.40. The quantitative estimate of drug-likeness (QED) is 0.0827. The summed E-state index contributed by atoms with van der Waals surface area (Å²) in [6.07, 6.45) is 19.8. The summed E-state index contributed by atoms with van der Waals surface area (Å²) in [5.41, 5.74) is 2.34. The van der Waals surface area contributed by atoms with Crippen LogP contribution in [0.1, 0.15) is 134 Å². The second-order valence-electron chi connectivity index (χ2n) is 13.2. The summed E-state index contributed by atoms with van der Waals surface area (Å²) in [4.78, 5) is 8.36. The predicted molar refractivity (Wildman–Crippen MR) is 191 cm³/mol. The van der Waals surface area contributed by atoms with Crippen molar-refractivity contribution in [1.82, 2.24) is 19.8 Å². The smallest absolute Gasteiger partial charge is 0.195 e. The van der Waals surface area contributed by atoms with Crippen molar-refractivity contribution < 1.29 is 5.11 Å². The number of benzene rings is 1. The van der Waals surface area contributed by atoms with Crippen molar-refractivity contribution >= 4 is 34.3 Å². The number of phenolic OH excluding ortho intramolecular Hbond substituents is 1. The van der Waals surface area contributed by atoms with Crippen LogP contribution in [-0.2, 0) is 12.0 Å². The average Bonchev–Trinajstić information content (AvgIpc) is 3.73. The second kappa shape index (κ2) is 17.4. The van der Waals surface area contributed by atoms with Gasteiger partial charge in [-0.05, 0) is 37.1 Å². The fraction of sp³-hybridized carbons (Fsp3) is 0.568. The van der Waals surface area contributed by atoms with Crippen LogP contribution in [0, 0.1) is 0 Å². The highest BCUT2D eigenvalue weighted by molar-refractivity contribution is 7.16. The number of anilines is 1. The highest BCUT2D eigenvalue weighted by atomic mass is 32.1. The number of para-hydroxylation sites is 1. The fourth-order valence-electron chi connectivity index (χ4n) is 5.69. The van der Waals surface area contributed by atoms with Gasteiger partial charge in [-0.15, -0.1) is 21.5 Å². The van der Waals surface area contributed by atoms with E-state index in [-0.39, 0.29) is 11.2 Å². The zero-order valence-electron chi connectivity index (χ0n) is 28.3. The molecule has 8 heteroatoms. The summed E-state index contributed by atoms with van der Waals surface area (Å²) in [5.74, 6) is 0.827. The fourth-order valence-corrected chi connectivity index (χ4v) is 6.69. The predicted octanol–water partition coefficient (Wildman–Crippen LogP) is 8.88. The minimum atomic E-state index is -0.168. The van der Waals surface area contributed by atoms with Crippen LogP contribution in [0.15, 0.2) is 41.4 Å². The van der Waals surface area contributed by atoms with Gasteiger partial charge in [0.25, 0.3) is 0 Å². The zero-order valence-corrected chi connectivity index (χ0v) is 29.1. The number of rotatable bonds is 19. The van der Waals surface area contributed by atoms with E-state index in [1.807, 2.05) is 29.5 Å². The molecule has 0 fully saturated rings. The standard InChI is InChI=1S/C37H54N6OS/c1-6-8-10-12-14-18-24-42(25-19-15-13-11-9-7-2)34-23-22-30(45-34)26-31-35(37(3,4)5)41-43-33(39-40-36(31)43)28-38-27-29-20-16-17-21-32(29)44/h16-17,20-23,26,28,44H,6-15,18-19,24-25,27H2,1-5H3. The Labute approximate surface area is 274 Å². The minimum absolute atomic E-state index is 0.168. The Morgan fingerprint density at radius 2 is 1.49 bits per heavy atom. The van der Waals surface area contributed by atoms with Crippen LogP contribution in [0.5, 0.6) is 5.75 Å². The van der Waals surface area contributed by atoms with Crippen molar-refractivity contribution in [2.75, 3.05) is 18.0 Å². The van der Waals surface area contributed by atoms with E-state index in [9.17, 15) is 5.11 Å². The molecule has 4 rings (SSSR count). The van der Waals surface area contributed by atoms with Crippen LogP contribution in [0.4, 0.5) is 5.00 Å². The van der Waals surface area contributed by atoms with E-state index in [1.54, 1.807) is 16.8 Å². The molecule has 3 heterocycles. The van der Waals surface area contributed by atoms with Crippen LogP contribution in [0.3, 0.4) is 0 Å². The lowest BCUT2D eigenvalue weighted by molar-refractivity contribution is 0.468. The average molecular weight is 631 g/mol. The third-order valence-electron chi connectivity index (χ3n) is 8.31. The van der Waals surface area contributed by atoms with Crippen molar-refractivity contribution in [2.24, 2.45) is 4.99 Å². The maximum Gasteiger partial charge on any atom is 0.195 e. The first kappa shape index (κ1) is 34.6. The van der Waals surface area contributed by atoms with Gasteiger partial charge in [0.05, 0.1) is 23.5 Å². The van der Waals surface area contributed by atoms with Crippen LogP contribution < -0.4 is 10.1 Å². The SMILES string of the molecule is CCCCCCCCN(CCCCCCCC)c1ccc(C=c2c(C(C)(C)C)nn3c(C=NCc4ccccc4O)nnc23)s1. The molecule has 244 valence electrons. The molecule has 0 amide bonds. The molecule has 0 saturated carbocycles. The molecule has 0 aliphatic heterocycles. The summed E-state index contributed by atoms with van der Waals surface area (Å²) in [6.45, 7) is 13.8. The number of unbranched alkanes of at least 4 members (excludes halogenated alkanes) is 10. The van der Waals surface area contributed by atoms with E-state index in [4.69, 9.17) is 5.10 Å². The molecule has 1 N–H and O–H groups in total. The van der Waals surface area contributed by atoms with Crippen molar-refractivity contribution in [3.63, 3.8) is 0 Å². The van der Waals surface area contributed by atoms with Gasteiger partial charge in [0.2, 0.25) is 0 Å². The number of nitrogens with zero attached hydrogens (tertiary/aromatic N) is 6. The number of thiophene rings is 1. The number of fused-ring (bicyclic) bond motifs is 1. The van der Waals surface area contributed by atoms with Gasteiger partial charge in [0.15, 0.2) is 11.5 Å². The molecule has 0 bridgehead atoms. The number of aliphatic imine (C=N–C) groups is 1. The Kier molecular flexibility index (Phi) is 13.4. The monoisotopic (exact) mass is 630 g/mol. The van der Waals surface area contributed by atoms with Crippen molar-refractivity contribution in [3.8, 4) is 5.75 Å². The molecule has 0 radical (unpaired) electrons. The van der Waals surface area contributed by atoms with E-state index in [0.717, 1.165) is 35.2 Å². The van der Waals surface area contributed by atoms with Gasteiger partial charge in [-0.1, -0.05) is 117 Å². The molecule has 1 aromatic carbocycles.